The number of rotatable bonds is 5. The van der Waals surface area contributed by atoms with Gasteiger partial charge in [0.05, 0.1) is 6.42 Å². The van der Waals surface area contributed by atoms with Crippen LogP contribution in [0.1, 0.15) is 18.4 Å². The molecule has 1 aliphatic rings. The molecule has 0 aliphatic carbocycles. The van der Waals surface area contributed by atoms with Gasteiger partial charge in [0.25, 0.3) is 0 Å². The Morgan fingerprint density at radius 2 is 1.75 bits per heavy atom. The number of nitrogens with zero attached hydrogens (tertiary/aromatic N) is 1. The Labute approximate surface area is 168 Å². The number of hydrogen-bond donors (Lipinski definition) is 2. The molecule has 2 aromatic rings. The van der Waals surface area contributed by atoms with Gasteiger partial charge in [-0.2, -0.15) is 0 Å². The van der Waals surface area contributed by atoms with Crippen LogP contribution in [0.4, 0.5) is 14.9 Å². The van der Waals surface area contributed by atoms with Gasteiger partial charge in [0.2, 0.25) is 5.91 Å². The van der Waals surface area contributed by atoms with Crippen molar-refractivity contribution in [2.75, 3.05) is 25.0 Å². The van der Waals surface area contributed by atoms with E-state index in [0.29, 0.717) is 36.3 Å². The molecule has 0 spiro atoms. The molecular weight excluding hydrogens is 381 g/mol. The van der Waals surface area contributed by atoms with Crippen LogP contribution in [0.15, 0.2) is 48.5 Å². The number of anilines is 1. The fraction of sp³-hybridized carbons (Fsp3) is 0.333. The lowest BCUT2D eigenvalue weighted by atomic mass is 9.97. The number of hydrogen-bond acceptors (Lipinski definition) is 2. The lowest BCUT2D eigenvalue weighted by Crippen LogP contribution is -2.43. The fourth-order valence-electron chi connectivity index (χ4n) is 3.21. The minimum absolute atomic E-state index is 0.0513. The van der Waals surface area contributed by atoms with Gasteiger partial charge in [0.15, 0.2) is 0 Å². The van der Waals surface area contributed by atoms with Crippen LogP contribution in [0, 0.1) is 11.7 Å². The summed E-state index contributed by atoms with van der Waals surface area (Å²) in [4.78, 5) is 26.2. The maximum Gasteiger partial charge on any atom is 0.321 e. The predicted molar refractivity (Wildman–Crippen MR) is 108 cm³/mol. The van der Waals surface area contributed by atoms with E-state index in [9.17, 15) is 14.0 Å². The standard InChI is InChI=1S/C21H23ClFN3O2/c22-19-4-2-1-3-16(19)13-20(27)24-14-15-9-11-26(12-10-15)21(28)25-18-7-5-17(23)6-8-18/h1-8,15H,9-14H2,(H,24,27)(H,25,28). The lowest BCUT2D eigenvalue weighted by molar-refractivity contribution is -0.120. The second kappa shape index (κ2) is 9.55. The molecule has 3 amide bonds. The average Bonchev–Trinajstić information content (AvgIpc) is 2.70. The topological polar surface area (TPSA) is 61.4 Å². The van der Waals surface area contributed by atoms with Crippen molar-refractivity contribution in [2.45, 2.75) is 19.3 Å². The van der Waals surface area contributed by atoms with Crippen molar-refractivity contribution in [1.82, 2.24) is 10.2 Å². The Morgan fingerprint density at radius 1 is 1.07 bits per heavy atom. The van der Waals surface area contributed by atoms with Gasteiger partial charge < -0.3 is 15.5 Å². The quantitative estimate of drug-likeness (QED) is 0.790. The van der Waals surface area contributed by atoms with E-state index >= 15 is 0 Å². The molecular formula is C21H23ClFN3O2. The second-order valence-corrected chi connectivity index (χ2v) is 7.35. The number of benzene rings is 2. The first-order chi connectivity index (χ1) is 13.5. The number of halogens is 2. The number of amides is 3. The summed E-state index contributed by atoms with van der Waals surface area (Å²) in [5.74, 6) is -0.0509. The normalized spacial score (nSPS) is 14.6. The van der Waals surface area contributed by atoms with Gasteiger partial charge in [-0.3, -0.25) is 4.79 Å². The van der Waals surface area contributed by atoms with Gasteiger partial charge in [-0.25, -0.2) is 9.18 Å². The van der Waals surface area contributed by atoms with Gasteiger partial charge in [0, 0.05) is 30.3 Å². The Hall–Kier alpha value is -2.60. The molecule has 5 nitrogen and oxygen atoms in total. The zero-order valence-corrected chi connectivity index (χ0v) is 16.2. The van der Waals surface area contributed by atoms with Crippen LogP contribution in [0.2, 0.25) is 5.02 Å². The summed E-state index contributed by atoms with van der Waals surface area (Å²) >= 11 is 6.09. The van der Waals surface area contributed by atoms with Gasteiger partial charge in [-0.1, -0.05) is 29.8 Å². The van der Waals surface area contributed by atoms with Crippen LogP contribution >= 0.6 is 11.6 Å². The van der Waals surface area contributed by atoms with E-state index in [1.165, 1.54) is 24.3 Å². The Morgan fingerprint density at radius 3 is 2.43 bits per heavy atom. The van der Waals surface area contributed by atoms with E-state index in [4.69, 9.17) is 11.6 Å². The summed E-state index contributed by atoms with van der Waals surface area (Å²) in [6.07, 6.45) is 1.91. The maximum atomic E-state index is 12.9. The SMILES string of the molecule is O=C(Cc1ccccc1Cl)NCC1CCN(C(=O)Nc2ccc(F)cc2)CC1. The number of nitrogens with one attached hydrogen (secondary N) is 2. The highest BCUT2D eigenvalue weighted by Crippen LogP contribution is 2.19. The summed E-state index contributed by atoms with van der Waals surface area (Å²) in [6, 6.07) is 12.8. The smallest absolute Gasteiger partial charge is 0.321 e. The fourth-order valence-corrected chi connectivity index (χ4v) is 3.41. The summed E-state index contributed by atoms with van der Waals surface area (Å²) < 4.78 is 12.9. The molecule has 1 saturated heterocycles. The minimum Gasteiger partial charge on any atom is -0.356 e. The van der Waals surface area contributed by atoms with Crippen molar-refractivity contribution in [3.8, 4) is 0 Å². The molecule has 1 heterocycles. The molecule has 28 heavy (non-hydrogen) atoms. The van der Waals surface area contributed by atoms with Crippen molar-refractivity contribution in [2.24, 2.45) is 5.92 Å². The summed E-state index contributed by atoms with van der Waals surface area (Å²) in [6.45, 7) is 1.84. The third-order valence-electron chi connectivity index (χ3n) is 4.89. The van der Waals surface area contributed by atoms with Crippen molar-refractivity contribution in [3.63, 3.8) is 0 Å². The highest BCUT2D eigenvalue weighted by atomic mass is 35.5. The highest BCUT2D eigenvalue weighted by molar-refractivity contribution is 6.31. The van der Waals surface area contributed by atoms with Crippen LogP contribution in [0.25, 0.3) is 0 Å². The molecule has 0 radical (unpaired) electrons. The number of likely N-dealkylation sites (tertiary alicyclic amines) is 1. The molecule has 0 bridgehead atoms. The molecule has 3 rings (SSSR count). The molecule has 148 valence electrons. The molecule has 0 unspecified atom stereocenters. The van der Waals surface area contributed by atoms with E-state index in [1.807, 2.05) is 18.2 Å². The van der Waals surface area contributed by atoms with Crippen LogP contribution in [-0.4, -0.2) is 36.5 Å². The van der Waals surface area contributed by atoms with Gasteiger partial charge in [-0.15, -0.1) is 0 Å². The minimum atomic E-state index is -0.338. The molecule has 0 aromatic heterocycles. The van der Waals surface area contributed by atoms with Crippen LogP contribution < -0.4 is 10.6 Å². The highest BCUT2D eigenvalue weighted by Gasteiger charge is 2.23. The van der Waals surface area contributed by atoms with E-state index in [2.05, 4.69) is 10.6 Å². The summed E-state index contributed by atoms with van der Waals surface area (Å²) in [7, 11) is 0. The van der Waals surface area contributed by atoms with Crippen molar-refractivity contribution in [3.05, 3.63) is 64.9 Å². The number of carbonyl (C=O) groups is 2. The van der Waals surface area contributed by atoms with Gasteiger partial charge >= 0.3 is 6.03 Å². The van der Waals surface area contributed by atoms with Gasteiger partial charge in [0.1, 0.15) is 5.82 Å². The van der Waals surface area contributed by atoms with E-state index in [-0.39, 0.29) is 24.2 Å². The molecule has 1 fully saturated rings. The zero-order valence-electron chi connectivity index (χ0n) is 15.5. The maximum absolute atomic E-state index is 12.9. The van der Waals surface area contributed by atoms with E-state index in [0.717, 1.165) is 18.4 Å². The Balaban J connectivity index is 1.39. The third kappa shape index (κ3) is 5.70. The van der Waals surface area contributed by atoms with Crippen molar-refractivity contribution in [1.29, 1.82) is 0 Å². The second-order valence-electron chi connectivity index (χ2n) is 6.94. The summed E-state index contributed by atoms with van der Waals surface area (Å²) in [5.41, 5.74) is 1.38. The van der Waals surface area contributed by atoms with Gasteiger partial charge in [-0.05, 0) is 54.7 Å². The van der Waals surface area contributed by atoms with Crippen LogP contribution in [-0.2, 0) is 11.2 Å². The van der Waals surface area contributed by atoms with E-state index in [1.54, 1.807) is 11.0 Å². The van der Waals surface area contributed by atoms with Crippen LogP contribution in [0.3, 0.4) is 0 Å². The molecule has 2 aromatic carbocycles. The lowest BCUT2D eigenvalue weighted by Gasteiger charge is -2.32. The predicted octanol–water partition coefficient (Wildman–Crippen LogP) is 4.08. The molecule has 0 atom stereocenters. The molecule has 7 heteroatoms. The van der Waals surface area contributed by atoms with Crippen LogP contribution in [0.5, 0.6) is 0 Å². The first-order valence-corrected chi connectivity index (χ1v) is 9.70. The first kappa shape index (κ1) is 20.1. The van der Waals surface area contributed by atoms with Crippen molar-refractivity contribution >= 4 is 29.2 Å². The molecule has 2 N–H and O–H groups in total. The average molecular weight is 404 g/mol. The molecule has 1 aliphatic heterocycles. The summed E-state index contributed by atoms with van der Waals surface area (Å²) in [5, 5.41) is 6.34. The van der Waals surface area contributed by atoms with E-state index < -0.39 is 0 Å². The monoisotopic (exact) mass is 403 g/mol. The number of urea groups is 1. The Kier molecular flexibility index (Phi) is 6.87. The largest absolute Gasteiger partial charge is 0.356 e. The number of carbonyl (C=O) groups excluding carboxylic acids is 2. The van der Waals surface area contributed by atoms with Crippen molar-refractivity contribution < 1.29 is 14.0 Å². The Bertz CT molecular complexity index is 821. The molecule has 0 saturated carbocycles. The third-order valence-corrected chi connectivity index (χ3v) is 5.26. The zero-order chi connectivity index (χ0) is 19.9. The first-order valence-electron chi connectivity index (χ1n) is 9.33. The number of piperidine rings is 1.